The van der Waals surface area contributed by atoms with Crippen LogP contribution in [0.2, 0.25) is 0 Å². The van der Waals surface area contributed by atoms with E-state index in [0.717, 1.165) is 30.9 Å². The summed E-state index contributed by atoms with van der Waals surface area (Å²) in [6.07, 6.45) is 0.482. The van der Waals surface area contributed by atoms with Crippen LogP contribution in [0.25, 0.3) is 0 Å². The fourth-order valence-electron chi connectivity index (χ4n) is 1.27. The molecule has 0 aromatic carbocycles. The van der Waals surface area contributed by atoms with Crippen molar-refractivity contribution in [3.63, 3.8) is 0 Å². The number of methoxy groups -OCH3 is 1. The highest BCUT2D eigenvalue weighted by atomic mass is 35.5. The molecule has 1 unspecified atom stereocenters. The van der Waals surface area contributed by atoms with Crippen molar-refractivity contribution in [3.05, 3.63) is 0 Å². The first-order valence-corrected chi connectivity index (χ1v) is 4.14. The van der Waals surface area contributed by atoms with Gasteiger partial charge in [-0.25, -0.2) is 0 Å². The summed E-state index contributed by atoms with van der Waals surface area (Å²) in [5, 5.41) is 0. The molecule has 0 aromatic rings. The number of likely N-dealkylation sites (N-methyl/N-ethyl adjacent to an activating group) is 1. The molecule has 1 rings (SSSR count). The van der Waals surface area contributed by atoms with Crippen molar-refractivity contribution < 1.29 is 31.2 Å². The van der Waals surface area contributed by atoms with E-state index >= 15 is 0 Å². The molecule has 1 fully saturated rings. The van der Waals surface area contributed by atoms with Gasteiger partial charge in [-0.2, -0.15) is 0 Å². The zero-order valence-electron chi connectivity index (χ0n) is 8.09. The van der Waals surface area contributed by atoms with E-state index in [4.69, 9.17) is 4.74 Å². The number of esters is 1. The van der Waals surface area contributed by atoms with Crippen molar-refractivity contribution >= 4 is 5.97 Å². The van der Waals surface area contributed by atoms with Gasteiger partial charge in [0.2, 0.25) is 0 Å². The summed E-state index contributed by atoms with van der Waals surface area (Å²) in [4.78, 5) is 10.8. The van der Waals surface area contributed by atoms with Gasteiger partial charge in [-0.1, -0.05) is 0 Å². The third kappa shape index (κ3) is 3.93. The maximum absolute atomic E-state index is 10.8. The van der Waals surface area contributed by atoms with E-state index in [1.807, 2.05) is 0 Å². The Labute approximate surface area is 84.8 Å². The van der Waals surface area contributed by atoms with Crippen LogP contribution in [0.3, 0.4) is 0 Å². The van der Waals surface area contributed by atoms with Gasteiger partial charge >= 0.3 is 5.97 Å². The van der Waals surface area contributed by atoms with Crippen LogP contribution >= 0.6 is 0 Å². The fraction of sp³-hybridized carbons (Fsp3) is 0.875. The number of carbonyl (C=O) groups excluding carboxylic acids is 1. The molecule has 0 aromatic heterocycles. The molecular formula is C8H16ClNO3. The lowest BCUT2D eigenvalue weighted by Gasteiger charge is -2.26. The molecule has 78 valence electrons. The molecule has 13 heavy (non-hydrogen) atoms. The number of rotatable bonds is 3. The van der Waals surface area contributed by atoms with Gasteiger partial charge in [0.1, 0.15) is 13.2 Å². The van der Waals surface area contributed by atoms with Crippen molar-refractivity contribution in [2.45, 2.75) is 6.42 Å². The van der Waals surface area contributed by atoms with Crippen molar-refractivity contribution in [2.24, 2.45) is 0 Å². The number of hydrogen-bond acceptors (Lipinski definition) is 3. The number of halogens is 1. The zero-order valence-corrected chi connectivity index (χ0v) is 8.84. The average Bonchev–Trinajstić information content (AvgIpc) is 2.49. The van der Waals surface area contributed by atoms with Crippen LogP contribution in [0.15, 0.2) is 0 Å². The second-order valence-electron chi connectivity index (χ2n) is 3.43. The van der Waals surface area contributed by atoms with Gasteiger partial charge in [-0.05, 0) is 0 Å². The van der Waals surface area contributed by atoms with E-state index in [2.05, 4.69) is 11.8 Å². The highest BCUT2D eigenvalue weighted by molar-refractivity contribution is 5.69. The molecule has 0 radical (unpaired) electrons. The number of ether oxygens (including phenoxy) is 2. The predicted octanol–water partition coefficient (Wildman–Crippen LogP) is -3.01. The zero-order chi connectivity index (χ0) is 9.03. The molecule has 0 amide bonds. The Morgan fingerprint density at radius 1 is 1.62 bits per heavy atom. The Hall–Kier alpha value is -0.320. The van der Waals surface area contributed by atoms with Crippen LogP contribution in [0.4, 0.5) is 0 Å². The first-order chi connectivity index (χ1) is 5.66. The molecule has 5 heteroatoms. The van der Waals surface area contributed by atoms with E-state index < -0.39 is 0 Å². The van der Waals surface area contributed by atoms with Gasteiger partial charge in [0.05, 0.1) is 27.1 Å². The Bertz CT molecular complexity index is 169. The van der Waals surface area contributed by atoms with Crippen LogP contribution in [0.1, 0.15) is 6.42 Å². The second kappa shape index (κ2) is 5.42. The Morgan fingerprint density at radius 3 is 2.77 bits per heavy atom. The molecule has 1 saturated heterocycles. The van der Waals surface area contributed by atoms with Crippen LogP contribution < -0.4 is 12.4 Å². The number of hydrogen-bond donors (Lipinski definition) is 0. The molecule has 0 spiro atoms. The normalized spacial score (nSPS) is 26.6. The highest BCUT2D eigenvalue weighted by Gasteiger charge is 2.27. The molecule has 4 nitrogen and oxygen atoms in total. The molecule has 0 saturated carbocycles. The van der Waals surface area contributed by atoms with Crippen molar-refractivity contribution in [2.75, 3.05) is 40.6 Å². The minimum Gasteiger partial charge on any atom is -1.00 e. The molecule has 1 aliphatic heterocycles. The summed E-state index contributed by atoms with van der Waals surface area (Å²) in [5.41, 5.74) is 0. The molecule has 1 heterocycles. The van der Waals surface area contributed by atoms with Crippen LogP contribution in [-0.4, -0.2) is 51.0 Å². The van der Waals surface area contributed by atoms with Crippen LogP contribution in [0, 0.1) is 0 Å². The average molecular weight is 210 g/mol. The lowest BCUT2D eigenvalue weighted by Crippen LogP contribution is -3.00. The first kappa shape index (κ1) is 12.7. The summed E-state index contributed by atoms with van der Waals surface area (Å²) < 4.78 is 10.6. The number of carbonyl (C=O) groups is 1. The van der Waals surface area contributed by atoms with Gasteiger partial charge in [0.25, 0.3) is 0 Å². The van der Waals surface area contributed by atoms with E-state index in [0.29, 0.717) is 6.42 Å². The SMILES string of the molecule is COC(=O)CC[N+]1(C)CCOC1.[Cl-]. The van der Waals surface area contributed by atoms with Gasteiger partial charge in [-0.3, -0.25) is 4.79 Å². The third-order valence-electron chi connectivity index (χ3n) is 2.26. The quantitative estimate of drug-likeness (QED) is 0.367. The molecule has 0 bridgehead atoms. The molecule has 1 atom stereocenters. The molecule has 0 aliphatic carbocycles. The predicted molar refractivity (Wildman–Crippen MR) is 43.4 cm³/mol. The van der Waals surface area contributed by atoms with Gasteiger partial charge in [0.15, 0.2) is 6.73 Å². The van der Waals surface area contributed by atoms with E-state index in [9.17, 15) is 4.79 Å². The monoisotopic (exact) mass is 209 g/mol. The number of nitrogens with zero attached hydrogens (tertiary/aromatic N) is 1. The van der Waals surface area contributed by atoms with Crippen molar-refractivity contribution in [1.29, 1.82) is 0 Å². The minimum atomic E-state index is -0.138. The van der Waals surface area contributed by atoms with Crippen molar-refractivity contribution in [1.82, 2.24) is 0 Å². The van der Waals surface area contributed by atoms with Gasteiger partial charge < -0.3 is 26.4 Å². The topological polar surface area (TPSA) is 35.5 Å². The molecule has 1 aliphatic rings. The molecule has 0 N–H and O–H groups in total. The van der Waals surface area contributed by atoms with Crippen molar-refractivity contribution in [3.8, 4) is 0 Å². The maximum Gasteiger partial charge on any atom is 0.311 e. The van der Waals surface area contributed by atoms with Gasteiger partial charge in [0, 0.05) is 0 Å². The third-order valence-corrected chi connectivity index (χ3v) is 2.26. The lowest BCUT2D eigenvalue weighted by atomic mass is 10.3. The summed E-state index contributed by atoms with van der Waals surface area (Å²) >= 11 is 0. The minimum absolute atomic E-state index is 0. The summed E-state index contributed by atoms with van der Waals surface area (Å²) in [7, 11) is 3.51. The highest BCUT2D eigenvalue weighted by Crippen LogP contribution is 2.10. The van der Waals surface area contributed by atoms with Gasteiger partial charge in [-0.15, -0.1) is 0 Å². The molecular weight excluding hydrogens is 194 g/mol. The Morgan fingerprint density at radius 2 is 2.31 bits per heavy atom. The summed E-state index contributed by atoms with van der Waals surface area (Å²) in [6.45, 7) is 3.33. The van der Waals surface area contributed by atoms with Crippen LogP contribution in [0.5, 0.6) is 0 Å². The Kier molecular flexibility index (Phi) is 5.29. The second-order valence-corrected chi connectivity index (χ2v) is 3.43. The summed E-state index contributed by atoms with van der Waals surface area (Å²) in [5.74, 6) is -0.138. The standard InChI is InChI=1S/C8H16NO3.ClH/c1-9(5-6-12-7-9)4-3-8(10)11-2;/h3-7H2,1-2H3;1H/q+1;/p-1. The van der Waals surface area contributed by atoms with E-state index in [1.54, 1.807) is 0 Å². The Balaban J connectivity index is 0.00000144. The number of quaternary nitrogens is 1. The lowest BCUT2D eigenvalue weighted by molar-refractivity contribution is -0.906. The maximum atomic E-state index is 10.8. The van der Waals surface area contributed by atoms with E-state index in [1.165, 1.54) is 7.11 Å². The van der Waals surface area contributed by atoms with Crippen LogP contribution in [-0.2, 0) is 14.3 Å². The van der Waals surface area contributed by atoms with E-state index in [-0.39, 0.29) is 18.4 Å². The first-order valence-electron chi connectivity index (χ1n) is 4.14. The summed E-state index contributed by atoms with van der Waals surface area (Å²) in [6, 6.07) is 0. The largest absolute Gasteiger partial charge is 1.00 e. The smallest absolute Gasteiger partial charge is 0.311 e. The fourth-order valence-corrected chi connectivity index (χ4v) is 1.27.